The standard InChI is InChI=1S/C11H17N/c1-4-5-10-7-11(12)6-8(2)9(10)3/h6-7H,4-5,12H2,1-3H3. The van der Waals surface area contributed by atoms with E-state index >= 15 is 0 Å². The van der Waals surface area contributed by atoms with Crippen molar-refractivity contribution in [2.24, 2.45) is 0 Å². The van der Waals surface area contributed by atoms with Crippen molar-refractivity contribution in [3.63, 3.8) is 0 Å². The molecule has 0 radical (unpaired) electrons. The third kappa shape index (κ3) is 1.79. The molecule has 0 saturated heterocycles. The van der Waals surface area contributed by atoms with Crippen LogP contribution in [0.4, 0.5) is 5.69 Å². The van der Waals surface area contributed by atoms with E-state index in [0.717, 1.165) is 12.1 Å². The van der Waals surface area contributed by atoms with Crippen LogP contribution in [0.1, 0.15) is 30.0 Å². The van der Waals surface area contributed by atoms with Crippen LogP contribution in [0.25, 0.3) is 0 Å². The molecule has 0 unspecified atom stereocenters. The molecule has 0 aliphatic carbocycles. The second-order valence-corrected chi connectivity index (χ2v) is 3.37. The summed E-state index contributed by atoms with van der Waals surface area (Å²) in [6, 6.07) is 4.13. The molecular weight excluding hydrogens is 146 g/mol. The zero-order valence-electron chi connectivity index (χ0n) is 8.15. The zero-order chi connectivity index (χ0) is 9.14. The lowest BCUT2D eigenvalue weighted by molar-refractivity contribution is 0.910. The first-order valence-corrected chi connectivity index (χ1v) is 4.50. The van der Waals surface area contributed by atoms with Crippen LogP contribution in [0.3, 0.4) is 0 Å². The molecule has 0 aliphatic heterocycles. The minimum Gasteiger partial charge on any atom is -0.399 e. The molecule has 0 bridgehead atoms. The summed E-state index contributed by atoms with van der Waals surface area (Å²) in [5.41, 5.74) is 10.7. The van der Waals surface area contributed by atoms with Gasteiger partial charge >= 0.3 is 0 Å². The molecule has 0 atom stereocenters. The fourth-order valence-electron chi connectivity index (χ4n) is 1.49. The molecule has 0 amide bonds. The van der Waals surface area contributed by atoms with Gasteiger partial charge in [-0.3, -0.25) is 0 Å². The largest absolute Gasteiger partial charge is 0.399 e. The van der Waals surface area contributed by atoms with Crippen LogP contribution in [0.2, 0.25) is 0 Å². The molecule has 0 aliphatic rings. The molecule has 0 aromatic heterocycles. The summed E-state index contributed by atoms with van der Waals surface area (Å²) in [5.74, 6) is 0. The van der Waals surface area contributed by atoms with Crippen molar-refractivity contribution in [3.8, 4) is 0 Å². The van der Waals surface area contributed by atoms with Crippen molar-refractivity contribution >= 4 is 5.69 Å². The monoisotopic (exact) mass is 163 g/mol. The molecule has 1 aromatic rings. The predicted octanol–water partition coefficient (Wildman–Crippen LogP) is 2.84. The number of anilines is 1. The highest BCUT2D eigenvalue weighted by molar-refractivity contribution is 5.48. The van der Waals surface area contributed by atoms with E-state index in [1.807, 2.05) is 6.07 Å². The van der Waals surface area contributed by atoms with E-state index in [1.54, 1.807) is 0 Å². The summed E-state index contributed by atoms with van der Waals surface area (Å²) in [5, 5.41) is 0. The SMILES string of the molecule is CCCc1cc(N)cc(C)c1C. The summed E-state index contributed by atoms with van der Waals surface area (Å²) >= 11 is 0. The van der Waals surface area contributed by atoms with Crippen molar-refractivity contribution < 1.29 is 0 Å². The molecule has 0 saturated carbocycles. The highest BCUT2D eigenvalue weighted by atomic mass is 14.5. The topological polar surface area (TPSA) is 26.0 Å². The van der Waals surface area contributed by atoms with Gasteiger partial charge in [-0.05, 0) is 49.1 Å². The van der Waals surface area contributed by atoms with Crippen molar-refractivity contribution in [1.82, 2.24) is 0 Å². The second-order valence-electron chi connectivity index (χ2n) is 3.37. The number of hydrogen-bond donors (Lipinski definition) is 1. The Kier molecular flexibility index (Phi) is 2.74. The Bertz CT molecular complexity index is 277. The predicted molar refractivity (Wildman–Crippen MR) is 54.3 cm³/mol. The Labute approximate surface area is 74.6 Å². The van der Waals surface area contributed by atoms with Crippen LogP contribution in [0.5, 0.6) is 0 Å². The average molecular weight is 163 g/mol. The van der Waals surface area contributed by atoms with Gasteiger partial charge < -0.3 is 5.73 Å². The van der Waals surface area contributed by atoms with Gasteiger partial charge in [0.25, 0.3) is 0 Å². The molecule has 2 N–H and O–H groups in total. The lowest BCUT2D eigenvalue weighted by Crippen LogP contribution is -1.95. The zero-order valence-corrected chi connectivity index (χ0v) is 8.15. The van der Waals surface area contributed by atoms with E-state index < -0.39 is 0 Å². The molecule has 1 nitrogen and oxygen atoms in total. The number of hydrogen-bond acceptors (Lipinski definition) is 1. The Morgan fingerprint density at radius 1 is 1.25 bits per heavy atom. The first kappa shape index (κ1) is 9.11. The number of benzene rings is 1. The maximum atomic E-state index is 5.76. The number of nitrogens with two attached hydrogens (primary N) is 1. The number of aryl methyl sites for hydroxylation is 2. The van der Waals surface area contributed by atoms with Gasteiger partial charge in [0.05, 0.1) is 0 Å². The molecule has 0 heterocycles. The third-order valence-corrected chi connectivity index (χ3v) is 2.32. The van der Waals surface area contributed by atoms with Crippen molar-refractivity contribution in [2.75, 3.05) is 5.73 Å². The fraction of sp³-hybridized carbons (Fsp3) is 0.455. The molecule has 66 valence electrons. The maximum absolute atomic E-state index is 5.76. The van der Waals surface area contributed by atoms with Crippen LogP contribution >= 0.6 is 0 Å². The van der Waals surface area contributed by atoms with E-state index in [-0.39, 0.29) is 0 Å². The van der Waals surface area contributed by atoms with E-state index in [9.17, 15) is 0 Å². The molecular formula is C11H17N. The van der Waals surface area contributed by atoms with Gasteiger partial charge in [-0.15, -0.1) is 0 Å². The smallest absolute Gasteiger partial charge is 0.0319 e. The van der Waals surface area contributed by atoms with Crippen LogP contribution < -0.4 is 5.73 Å². The Balaban J connectivity index is 3.09. The lowest BCUT2D eigenvalue weighted by atomic mass is 9.99. The Morgan fingerprint density at radius 3 is 2.50 bits per heavy atom. The van der Waals surface area contributed by atoms with Gasteiger partial charge in [-0.2, -0.15) is 0 Å². The molecule has 12 heavy (non-hydrogen) atoms. The van der Waals surface area contributed by atoms with E-state index in [4.69, 9.17) is 5.73 Å². The quantitative estimate of drug-likeness (QED) is 0.666. The van der Waals surface area contributed by atoms with Gasteiger partial charge in [0.2, 0.25) is 0 Å². The van der Waals surface area contributed by atoms with Crippen LogP contribution in [-0.2, 0) is 6.42 Å². The first-order chi connectivity index (χ1) is 5.65. The minimum absolute atomic E-state index is 0.890. The fourth-order valence-corrected chi connectivity index (χ4v) is 1.49. The third-order valence-electron chi connectivity index (χ3n) is 2.32. The molecule has 1 aromatic carbocycles. The molecule has 1 rings (SSSR count). The summed E-state index contributed by atoms with van der Waals surface area (Å²) in [7, 11) is 0. The van der Waals surface area contributed by atoms with Crippen molar-refractivity contribution in [1.29, 1.82) is 0 Å². The van der Waals surface area contributed by atoms with Crippen molar-refractivity contribution in [2.45, 2.75) is 33.6 Å². The number of rotatable bonds is 2. The Morgan fingerprint density at radius 2 is 1.92 bits per heavy atom. The molecule has 0 spiro atoms. The molecule has 1 heteroatoms. The summed E-state index contributed by atoms with van der Waals surface area (Å²) in [6.07, 6.45) is 2.32. The Hall–Kier alpha value is -0.980. The van der Waals surface area contributed by atoms with Gasteiger partial charge in [-0.25, -0.2) is 0 Å². The summed E-state index contributed by atoms with van der Waals surface area (Å²) in [6.45, 7) is 6.47. The second kappa shape index (κ2) is 3.61. The van der Waals surface area contributed by atoms with Gasteiger partial charge in [0, 0.05) is 5.69 Å². The summed E-state index contributed by atoms with van der Waals surface area (Å²) < 4.78 is 0. The van der Waals surface area contributed by atoms with Crippen molar-refractivity contribution in [3.05, 3.63) is 28.8 Å². The highest BCUT2D eigenvalue weighted by Crippen LogP contribution is 2.18. The normalized spacial score (nSPS) is 10.2. The molecule has 0 fully saturated rings. The van der Waals surface area contributed by atoms with Crippen LogP contribution in [-0.4, -0.2) is 0 Å². The van der Waals surface area contributed by atoms with Crippen LogP contribution in [0.15, 0.2) is 12.1 Å². The van der Waals surface area contributed by atoms with Crippen LogP contribution in [0, 0.1) is 13.8 Å². The maximum Gasteiger partial charge on any atom is 0.0319 e. The first-order valence-electron chi connectivity index (χ1n) is 4.50. The summed E-state index contributed by atoms with van der Waals surface area (Å²) in [4.78, 5) is 0. The number of nitrogen functional groups attached to an aromatic ring is 1. The minimum atomic E-state index is 0.890. The average Bonchev–Trinajstić information content (AvgIpc) is 2.00. The van der Waals surface area contributed by atoms with Gasteiger partial charge in [0.15, 0.2) is 0 Å². The van der Waals surface area contributed by atoms with E-state index in [1.165, 1.54) is 23.1 Å². The highest BCUT2D eigenvalue weighted by Gasteiger charge is 2.01. The van der Waals surface area contributed by atoms with Gasteiger partial charge in [0.1, 0.15) is 0 Å². The van der Waals surface area contributed by atoms with E-state index in [0.29, 0.717) is 0 Å². The lowest BCUT2D eigenvalue weighted by Gasteiger charge is -2.08. The van der Waals surface area contributed by atoms with Gasteiger partial charge in [-0.1, -0.05) is 13.3 Å². The van der Waals surface area contributed by atoms with E-state index in [2.05, 4.69) is 26.8 Å².